The third-order valence-electron chi connectivity index (χ3n) is 3.06. The van der Waals surface area contributed by atoms with E-state index in [1.807, 2.05) is 17.5 Å². The summed E-state index contributed by atoms with van der Waals surface area (Å²) >= 11 is 1.50. The number of pyridine rings is 1. The molecule has 2 heterocycles. The fourth-order valence-corrected chi connectivity index (χ4v) is 2.69. The molecule has 0 aliphatic heterocycles. The molecule has 0 radical (unpaired) electrons. The lowest BCUT2D eigenvalue weighted by molar-refractivity contribution is 0.404. The van der Waals surface area contributed by atoms with Gasteiger partial charge in [-0.3, -0.25) is 0 Å². The summed E-state index contributed by atoms with van der Waals surface area (Å²) in [5.41, 5.74) is -0.737. The molecular weight excluding hydrogens is 292 g/mol. The maximum Gasteiger partial charge on any atom is 0.253 e. The van der Waals surface area contributed by atoms with E-state index in [-0.39, 0.29) is 6.04 Å². The standard InChI is InChI=1S/C13H12F4N2S/c1-7(6-8-4-3-5-20-8)19(2)11-9(14)12(16)18-13(17)10(11)15/h3-5,7H,6H2,1-2H3. The Balaban J connectivity index is 2.31. The molecule has 0 aromatic carbocycles. The minimum Gasteiger partial charge on any atom is -0.366 e. The fourth-order valence-electron chi connectivity index (χ4n) is 1.86. The zero-order valence-corrected chi connectivity index (χ0v) is 11.6. The van der Waals surface area contributed by atoms with Gasteiger partial charge in [-0.1, -0.05) is 6.07 Å². The minimum atomic E-state index is -1.64. The van der Waals surface area contributed by atoms with Crippen LogP contribution in [0.3, 0.4) is 0 Å². The Hall–Kier alpha value is -1.63. The van der Waals surface area contributed by atoms with E-state index in [4.69, 9.17) is 0 Å². The van der Waals surface area contributed by atoms with Gasteiger partial charge in [0.05, 0.1) is 0 Å². The van der Waals surface area contributed by atoms with Crippen molar-refractivity contribution in [3.8, 4) is 0 Å². The van der Waals surface area contributed by atoms with Crippen molar-refractivity contribution in [2.24, 2.45) is 0 Å². The van der Waals surface area contributed by atoms with Gasteiger partial charge in [-0.05, 0) is 18.4 Å². The Morgan fingerprint density at radius 3 is 2.30 bits per heavy atom. The minimum absolute atomic E-state index is 0.334. The van der Waals surface area contributed by atoms with Gasteiger partial charge in [-0.2, -0.15) is 22.5 Å². The monoisotopic (exact) mass is 304 g/mol. The second kappa shape index (κ2) is 5.78. The number of hydrogen-bond acceptors (Lipinski definition) is 3. The molecule has 2 nitrogen and oxygen atoms in total. The van der Waals surface area contributed by atoms with Crippen molar-refractivity contribution in [3.05, 3.63) is 45.9 Å². The summed E-state index contributed by atoms with van der Waals surface area (Å²) in [6.45, 7) is 1.72. The Kier molecular flexibility index (Phi) is 4.27. The molecule has 0 N–H and O–H groups in total. The van der Waals surface area contributed by atoms with Crippen molar-refractivity contribution in [1.82, 2.24) is 4.98 Å². The predicted octanol–water partition coefficient (Wildman–Crippen LogP) is 3.77. The van der Waals surface area contributed by atoms with E-state index in [0.29, 0.717) is 6.42 Å². The van der Waals surface area contributed by atoms with Gasteiger partial charge >= 0.3 is 0 Å². The largest absolute Gasteiger partial charge is 0.366 e. The molecule has 0 aliphatic rings. The quantitative estimate of drug-likeness (QED) is 0.631. The molecule has 1 atom stereocenters. The van der Waals surface area contributed by atoms with E-state index >= 15 is 0 Å². The van der Waals surface area contributed by atoms with E-state index in [2.05, 4.69) is 4.98 Å². The SMILES string of the molecule is CC(Cc1cccs1)N(C)c1c(F)c(F)nc(F)c1F. The van der Waals surface area contributed by atoms with Crippen molar-refractivity contribution in [2.45, 2.75) is 19.4 Å². The predicted molar refractivity (Wildman–Crippen MR) is 70.0 cm³/mol. The highest BCUT2D eigenvalue weighted by Gasteiger charge is 2.26. The van der Waals surface area contributed by atoms with E-state index in [1.54, 1.807) is 6.92 Å². The highest BCUT2D eigenvalue weighted by atomic mass is 32.1. The molecule has 0 saturated heterocycles. The smallest absolute Gasteiger partial charge is 0.253 e. The molecule has 0 saturated carbocycles. The summed E-state index contributed by atoms with van der Waals surface area (Å²) in [6, 6.07) is 3.41. The van der Waals surface area contributed by atoms with Crippen molar-refractivity contribution in [2.75, 3.05) is 11.9 Å². The lowest BCUT2D eigenvalue weighted by Crippen LogP contribution is -2.32. The molecule has 7 heteroatoms. The van der Waals surface area contributed by atoms with Gasteiger partial charge in [0.25, 0.3) is 11.9 Å². The maximum absolute atomic E-state index is 13.6. The first-order valence-electron chi connectivity index (χ1n) is 5.87. The molecule has 108 valence electrons. The zero-order valence-electron chi connectivity index (χ0n) is 10.8. The number of halogens is 4. The van der Waals surface area contributed by atoms with Gasteiger partial charge < -0.3 is 4.90 Å². The van der Waals surface area contributed by atoms with E-state index in [0.717, 1.165) is 4.88 Å². The number of rotatable bonds is 4. The Morgan fingerprint density at radius 1 is 1.20 bits per heavy atom. The Morgan fingerprint density at radius 2 is 1.80 bits per heavy atom. The van der Waals surface area contributed by atoms with Crippen LogP contribution in [-0.2, 0) is 6.42 Å². The van der Waals surface area contributed by atoms with Crippen LogP contribution in [0.1, 0.15) is 11.8 Å². The number of thiophene rings is 1. The first-order valence-corrected chi connectivity index (χ1v) is 6.75. The molecule has 0 amide bonds. The van der Waals surface area contributed by atoms with Crippen LogP contribution < -0.4 is 4.90 Å². The van der Waals surface area contributed by atoms with Crippen LogP contribution in [-0.4, -0.2) is 18.1 Å². The van der Waals surface area contributed by atoms with Gasteiger partial charge in [-0.25, -0.2) is 0 Å². The van der Waals surface area contributed by atoms with Gasteiger partial charge in [0.1, 0.15) is 5.69 Å². The summed E-state index contributed by atoms with van der Waals surface area (Å²) in [6.07, 6.45) is 0.513. The van der Waals surface area contributed by atoms with E-state index < -0.39 is 29.2 Å². The second-order valence-electron chi connectivity index (χ2n) is 4.41. The summed E-state index contributed by atoms with van der Waals surface area (Å²) < 4.78 is 53.5. The summed E-state index contributed by atoms with van der Waals surface area (Å²) in [7, 11) is 1.39. The molecule has 0 spiro atoms. The molecule has 2 aromatic heterocycles. The van der Waals surface area contributed by atoms with Crippen molar-refractivity contribution in [3.63, 3.8) is 0 Å². The van der Waals surface area contributed by atoms with Crippen LogP contribution >= 0.6 is 11.3 Å². The van der Waals surface area contributed by atoms with Crippen LogP contribution in [0, 0.1) is 23.5 Å². The van der Waals surface area contributed by atoms with Crippen molar-refractivity contribution >= 4 is 17.0 Å². The second-order valence-corrected chi connectivity index (χ2v) is 5.45. The third-order valence-corrected chi connectivity index (χ3v) is 3.96. The first-order chi connectivity index (χ1) is 9.41. The highest BCUT2D eigenvalue weighted by Crippen LogP contribution is 2.27. The lowest BCUT2D eigenvalue weighted by Gasteiger charge is -2.27. The average molecular weight is 304 g/mol. The van der Waals surface area contributed by atoms with Crippen LogP contribution in [0.4, 0.5) is 23.2 Å². The van der Waals surface area contributed by atoms with Crippen molar-refractivity contribution in [1.29, 1.82) is 0 Å². The number of nitrogens with zero attached hydrogens (tertiary/aromatic N) is 2. The van der Waals surface area contributed by atoms with Crippen LogP contribution in [0.5, 0.6) is 0 Å². The zero-order chi connectivity index (χ0) is 14.9. The van der Waals surface area contributed by atoms with Crippen LogP contribution in [0.15, 0.2) is 17.5 Å². The number of aromatic nitrogens is 1. The normalized spacial score (nSPS) is 12.5. The first kappa shape index (κ1) is 14.8. The highest BCUT2D eigenvalue weighted by molar-refractivity contribution is 7.09. The van der Waals surface area contributed by atoms with E-state index in [9.17, 15) is 17.6 Å². The number of likely N-dealkylation sites (N-methyl/N-ethyl adjacent to an activating group) is 1. The van der Waals surface area contributed by atoms with Crippen molar-refractivity contribution < 1.29 is 17.6 Å². The molecule has 0 bridgehead atoms. The molecule has 0 aliphatic carbocycles. The van der Waals surface area contributed by atoms with Gasteiger partial charge in [0.2, 0.25) is 11.6 Å². The maximum atomic E-state index is 13.6. The molecule has 0 fully saturated rings. The lowest BCUT2D eigenvalue weighted by atomic mass is 10.1. The van der Waals surface area contributed by atoms with Crippen LogP contribution in [0.2, 0.25) is 0 Å². The summed E-state index contributed by atoms with van der Waals surface area (Å²) in [5.74, 6) is -6.25. The Bertz CT molecular complexity index is 575. The van der Waals surface area contributed by atoms with E-state index in [1.165, 1.54) is 23.3 Å². The third kappa shape index (κ3) is 2.77. The fraction of sp³-hybridized carbons (Fsp3) is 0.308. The molecular formula is C13H12F4N2S. The number of anilines is 1. The topological polar surface area (TPSA) is 16.1 Å². The Labute approximate surface area is 117 Å². The van der Waals surface area contributed by atoms with Gasteiger partial charge in [0, 0.05) is 24.4 Å². The molecule has 20 heavy (non-hydrogen) atoms. The summed E-state index contributed by atoms with van der Waals surface area (Å²) in [4.78, 5) is 4.74. The average Bonchev–Trinajstić information content (AvgIpc) is 2.89. The molecule has 2 aromatic rings. The summed E-state index contributed by atoms with van der Waals surface area (Å²) in [5, 5.41) is 1.88. The van der Waals surface area contributed by atoms with Gasteiger partial charge in [-0.15, -0.1) is 11.3 Å². The molecule has 2 rings (SSSR count). The van der Waals surface area contributed by atoms with Gasteiger partial charge in [0.15, 0.2) is 0 Å². The number of hydrogen-bond donors (Lipinski definition) is 0. The molecule has 1 unspecified atom stereocenters. The van der Waals surface area contributed by atoms with Crippen LogP contribution in [0.25, 0.3) is 0 Å².